The summed E-state index contributed by atoms with van der Waals surface area (Å²) in [7, 11) is 0. The molecule has 0 bridgehead atoms. The molecular weight excluding hydrogens is 388 g/mol. The number of halogens is 2. The third kappa shape index (κ3) is 3.26. The molecule has 0 radical (unpaired) electrons. The normalized spacial score (nSPS) is 18.1. The first-order valence-electron chi connectivity index (χ1n) is 9.26. The van der Waals surface area contributed by atoms with Crippen LogP contribution < -0.4 is 4.90 Å². The Kier molecular flexibility index (Phi) is 4.91. The Bertz CT molecular complexity index is 1170. The number of Topliss-reactive ketones (excluding diaryl/α,β-unsaturated/α-hetero) is 1. The number of carbonyl (C=O) groups excluding carboxylic acids is 2. The van der Waals surface area contributed by atoms with E-state index in [2.05, 4.69) is 0 Å². The van der Waals surface area contributed by atoms with Gasteiger partial charge in [-0.3, -0.25) is 14.5 Å². The number of amides is 1. The zero-order valence-electron chi connectivity index (χ0n) is 16.0. The predicted octanol–water partition coefficient (Wildman–Crippen LogP) is 4.90. The van der Waals surface area contributed by atoms with E-state index in [1.807, 2.05) is 6.92 Å². The second-order valence-electron chi connectivity index (χ2n) is 7.03. The van der Waals surface area contributed by atoms with Crippen LogP contribution in [0, 0.1) is 18.6 Å². The van der Waals surface area contributed by atoms with Gasteiger partial charge in [0, 0.05) is 16.8 Å². The summed E-state index contributed by atoms with van der Waals surface area (Å²) < 4.78 is 28.1. The lowest BCUT2D eigenvalue weighted by atomic mass is 9.94. The molecule has 150 valence electrons. The Morgan fingerprint density at radius 1 is 0.900 bits per heavy atom. The topological polar surface area (TPSA) is 57.6 Å². The van der Waals surface area contributed by atoms with Crippen molar-refractivity contribution in [1.82, 2.24) is 0 Å². The van der Waals surface area contributed by atoms with Gasteiger partial charge in [-0.05, 0) is 37.3 Å². The van der Waals surface area contributed by atoms with Gasteiger partial charge in [-0.15, -0.1) is 0 Å². The molecule has 3 aromatic rings. The first-order chi connectivity index (χ1) is 14.4. The molecule has 1 saturated heterocycles. The maximum Gasteiger partial charge on any atom is 0.300 e. The summed E-state index contributed by atoms with van der Waals surface area (Å²) >= 11 is 0. The monoisotopic (exact) mass is 405 g/mol. The quantitative estimate of drug-likeness (QED) is 0.383. The molecule has 3 aromatic carbocycles. The Morgan fingerprint density at radius 3 is 2.17 bits per heavy atom. The number of rotatable bonds is 3. The number of hydrogen-bond donors (Lipinski definition) is 1. The number of anilines is 1. The summed E-state index contributed by atoms with van der Waals surface area (Å²) in [5.74, 6) is -3.41. The molecular formula is C24H17F2NO3. The van der Waals surface area contributed by atoms with E-state index in [9.17, 15) is 23.5 Å². The number of aryl methyl sites for hydroxylation is 1. The molecule has 0 aliphatic carbocycles. The van der Waals surface area contributed by atoms with Crippen LogP contribution in [-0.4, -0.2) is 16.8 Å². The van der Waals surface area contributed by atoms with Crippen molar-refractivity contribution in [3.8, 4) is 0 Å². The van der Waals surface area contributed by atoms with Gasteiger partial charge in [0.2, 0.25) is 0 Å². The fourth-order valence-corrected chi connectivity index (χ4v) is 3.56. The van der Waals surface area contributed by atoms with E-state index in [1.54, 1.807) is 30.3 Å². The van der Waals surface area contributed by atoms with Crippen LogP contribution in [-0.2, 0) is 9.59 Å². The van der Waals surface area contributed by atoms with Gasteiger partial charge in [0.15, 0.2) is 0 Å². The van der Waals surface area contributed by atoms with Crippen LogP contribution in [0.25, 0.3) is 5.76 Å². The highest BCUT2D eigenvalue weighted by atomic mass is 19.1. The van der Waals surface area contributed by atoms with Gasteiger partial charge in [0.05, 0.1) is 11.6 Å². The van der Waals surface area contributed by atoms with E-state index in [0.717, 1.165) is 22.6 Å². The van der Waals surface area contributed by atoms with Crippen LogP contribution >= 0.6 is 0 Å². The third-order valence-corrected chi connectivity index (χ3v) is 5.07. The molecule has 0 unspecified atom stereocenters. The van der Waals surface area contributed by atoms with E-state index in [-0.39, 0.29) is 16.8 Å². The number of carbonyl (C=O) groups is 2. The molecule has 6 heteroatoms. The number of aliphatic hydroxyl groups is 1. The average molecular weight is 405 g/mol. The molecule has 1 amide bonds. The van der Waals surface area contributed by atoms with Gasteiger partial charge in [-0.1, -0.05) is 48.0 Å². The molecule has 1 aliphatic heterocycles. The Hall–Kier alpha value is -3.80. The lowest BCUT2D eigenvalue weighted by Gasteiger charge is -2.25. The number of nitrogens with zero attached hydrogens (tertiary/aromatic N) is 1. The second kappa shape index (κ2) is 7.55. The van der Waals surface area contributed by atoms with Crippen molar-refractivity contribution in [2.75, 3.05) is 4.90 Å². The lowest BCUT2D eigenvalue weighted by Crippen LogP contribution is -2.29. The molecule has 4 rings (SSSR count). The number of benzene rings is 3. The molecule has 1 heterocycles. The highest BCUT2D eigenvalue weighted by Crippen LogP contribution is 2.42. The number of hydrogen-bond acceptors (Lipinski definition) is 3. The highest BCUT2D eigenvalue weighted by molar-refractivity contribution is 6.51. The minimum absolute atomic E-state index is 0.0506. The molecule has 30 heavy (non-hydrogen) atoms. The van der Waals surface area contributed by atoms with Gasteiger partial charge in [0.25, 0.3) is 11.7 Å². The average Bonchev–Trinajstić information content (AvgIpc) is 3.00. The molecule has 1 atom stereocenters. The summed E-state index contributed by atoms with van der Waals surface area (Å²) in [5.41, 5.74) is 1.32. The van der Waals surface area contributed by atoms with E-state index < -0.39 is 35.1 Å². The van der Waals surface area contributed by atoms with Crippen LogP contribution in [0.5, 0.6) is 0 Å². The first kappa shape index (κ1) is 19.5. The Balaban J connectivity index is 1.96. The molecule has 4 nitrogen and oxygen atoms in total. The molecule has 1 fully saturated rings. The van der Waals surface area contributed by atoms with E-state index in [4.69, 9.17) is 0 Å². The van der Waals surface area contributed by atoms with Crippen molar-refractivity contribution in [3.63, 3.8) is 0 Å². The molecule has 0 aromatic heterocycles. The summed E-state index contributed by atoms with van der Waals surface area (Å²) in [6.07, 6.45) is 0. The zero-order valence-corrected chi connectivity index (χ0v) is 16.0. The van der Waals surface area contributed by atoms with Crippen molar-refractivity contribution in [3.05, 3.63) is 107 Å². The molecule has 0 spiro atoms. The van der Waals surface area contributed by atoms with E-state index in [0.29, 0.717) is 5.56 Å². The summed E-state index contributed by atoms with van der Waals surface area (Å²) in [4.78, 5) is 26.9. The van der Waals surface area contributed by atoms with Crippen molar-refractivity contribution in [1.29, 1.82) is 0 Å². The van der Waals surface area contributed by atoms with Crippen molar-refractivity contribution in [2.24, 2.45) is 0 Å². The van der Waals surface area contributed by atoms with Crippen LogP contribution in [0.2, 0.25) is 0 Å². The minimum Gasteiger partial charge on any atom is -0.507 e. The number of aliphatic hydroxyl groups excluding tert-OH is 1. The summed E-state index contributed by atoms with van der Waals surface area (Å²) in [6, 6.07) is 16.2. The maximum atomic E-state index is 14.7. The van der Waals surface area contributed by atoms with Gasteiger partial charge in [0.1, 0.15) is 17.4 Å². The fourth-order valence-electron chi connectivity index (χ4n) is 3.56. The van der Waals surface area contributed by atoms with Crippen LogP contribution in [0.3, 0.4) is 0 Å². The zero-order chi connectivity index (χ0) is 21.4. The minimum atomic E-state index is -1.20. The van der Waals surface area contributed by atoms with E-state index >= 15 is 0 Å². The van der Waals surface area contributed by atoms with E-state index in [1.165, 1.54) is 30.3 Å². The van der Waals surface area contributed by atoms with Gasteiger partial charge in [-0.2, -0.15) is 0 Å². The molecule has 1 N–H and O–H groups in total. The largest absolute Gasteiger partial charge is 0.507 e. The number of ketones is 1. The van der Waals surface area contributed by atoms with Crippen molar-refractivity contribution < 1.29 is 23.5 Å². The van der Waals surface area contributed by atoms with Crippen LogP contribution in [0.1, 0.15) is 22.7 Å². The predicted molar refractivity (Wildman–Crippen MR) is 109 cm³/mol. The summed E-state index contributed by atoms with van der Waals surface area (Å²) in [5, 5.41) is 10.9. The van der Waals surface area contributed by atoms with Gasteiger partial charge >= 0.3 is 0 Å². The second-order valence-corrected chi connectivity index (χ2v) is 7.03. The summed E-state index contributed by atoms with van der Waals surface area (Å²) in [6.45, 7) is 1.87. The first-order valence-corrected chi connectivity index (χ1v) is 9.26. The standard InChI is InChI=1S/C24H17F2NO3/c1-14-6-8-15(9-7-14)22(28)20-21(18-4-2-3-5-19(18)26)27(24(30)23(20)29)17-12-10-16(25)11-13-17/h2-13,21,28H,1H3/b22-20+/t21-/m1/s1. The maximum absolute atomic E-state index is 14.7. The Morgan fingerprint density at radius 2 is 1.53 bits per heavy atom. The van der Waals surface area contributed by atoms with Crippen molar-refractivity contribution >= 4 is 23.1 Å². The SMILES string of the molecule is Cc1ccc(/C(O)=C2\C(=O)C(=O)N(c3ccc(F)cc3)[C@@H]2c2ccccc2F)cc1. The van der Waals surface area contributed by atoms with Crippen LogP contribution in [0.4, 0.5) is 14.5 Å². The Labute approximate surface area is 171 Å². The highest BCUT2D eigenvalue weighted by Gasteiger charge is 2.47. The van der Waals surface area contributed by atoms with Crippen LogP contribution in [0.15, 0.2) is 78.4 Å². The van der Waals surface area contributed by atoms with Gasteiger partial charge < -0.3 is 5.11 Å². The lowest BCUT2D eigenvalue weighted by molar-refractivity contribution is -0.132. The third-order valence-electron chi connectivity index (χ3n) is 5.07. The van der Waals surface area contributed by atoms with Crippen molar-refractivity contribution in [2.45, 2.75) is 13.0 Å². The molecule has 0 saturated carbocycles. The molecule has 1 aliphatic rings. The van der Waals surface area contributed by atoms with Gasteiger partial charge in [-0.25, -0.2) is 8.78 Å². The smallest absolute Gasteiger partial charge is 0.300 e. The fraction of sp³-hybridized carbons (Fsp3) is 0.0833.